The topological polar surface area (TPSA) is 118 Å². The average Bonchev–Trinajstić information content (AvgIpc) is 3.22. The summed E-state index contributed by atoms with van der Waals surface area (Å²) in [5, 5.41) is 3.27. The number of nitrogens with one attached hydrogen (secondary N) is 2. The zero-order valence-electron chi connectivity index (χ0n) is 16.5. The van der Waals surface area contributed by atoms with Crippen LogP contribution in [0.1, 0.15) is 10.4 Å². The molecule has 1 aliphatic rings. The molecule has 1 amide bonds. The largest absolute Gasteiger partial charge is 0.452 e. The monoisotopic (exact) mass is 443 g/mol. The highest BCUT2D eigenvalue weighted by molar-refractivity contribution is 7.89. The molecule has 2 aromatic carbocycles. The number of morpholine rings is 1. The van der Waals surface area contributed by atoms with Gasteiger partial charge in [-0.2, -0.15) is 4.31 Å². The van der Waals surface area contributed by atoms with E-state index in [1.165, 1.54) is 22.6 Å². The molecule has 2 N–H and O–H groups in total. The predicted molar refractivity (Wildman–Crippen MR) is 113 cm³/mol. The molecule has 2 heterocycles. The maximum atomic E-state index is 12.8. The molecule has 0 unspecified atom stereocenters. The zero-order chi connectivity index (χ0) is 21.8. The Kier molecular flexibility index (Phi) is 6.03. The Morgan fingerprint density at radius 3 is 2.68 bits per heavy atom. The van der Waals surface area contributed by atoms with Gasteiger partial charge in [0.1, 0.15) is 0 Å². The molecular formula is C21H21N3O6S. The van der Waals surface area contributed by atoms with E-state index in [4.69, 9.17) is 9.47 Å². The highest BCUT2D eigenvalue weighted by Crippen LogP contribution is 2.21. The number of esters is 1. The Balaban J connectivity index is 1.38. The highest BCUT2D eigenvalue weighted by atomic mass is 32.2. The van der Waals surface area contributed by atoms with Crippen molar-refractivity contribution in [3.05, 3.63) is 60.3 Å². The van der Waals surface area contributed by atoms with Gasteiger partial charge >= 0.3 is 5.97 Å². The number of fused-ring (bicyclic) bond motifs is 1. The number of nitrogens with zero attached hydrogens (tertiary/aromatic N) is 1. The molecule has 0 spiro atoms. The second kappa shape index (κ2) is 8.88. The van der Waals surface area contributed by atoms with Crippen molar-refractivity contribution in [1.29, 1.82) is 0 Å². The number of hydrogen-bond donors (Lipinski definition) is 2. The minimum absolute atomic E-state index is 0.0722. The molecule has 10 heteroatoms. The summed E-state index contributed by atoms with van der Waals surface area (Å²) in [7, 11) is -3.68. The van der Waals surface area contributed by atoms with E-state index in [1.54, 1.807) is 24.3 Å². The van der Waals surface area contributed by atoms with Crippen LogP contribution in [0.2, 0.25) is 0 Å². The third-order valence-corrected chi connectivity index (χ3v) is 6.76. The van der Waals surface area contributed by atoms with E-state index in [0.717, 1.165) is 5.52 Å². The lowest BCUT2D eigenvalue weighted by atomic mass is 10.2. The number of aromatic nitrogens is 1. The first kappa shape index (κ1) is 21.0. The average molecular weight is 443 g/mol. The van der Waals surface area contributed by atoms with E-state index in [-0.39, 0.29) is 18.0 Å². The van der Waals surface area contributed by atoms with Crippen LogP contribution in [0.5, 0.6) is 0 Å². The molecule has 1 fully saturated rings. The molecule has 162 valence electrons. The predicted octanol–water partition coefficient (Wildman–Crippen LogP) is 1.98. The maximum Gasteiger partial charge on any atom is 0.340 e. The first-order valence-electron chi connectivity index (χ1n) is 9.66. The summed E-state index contributed by atoms with van der Waals surface area (Å²) in [4.78, 5) is 27.6. The molecule has 0 atom stereocenters. The number of hydrogen-bond acceptors (Lipinski definition) is 6. The quantitative estimate of drug-likeness (QED) is 0.563. The van der Waals surface area contributed by atoms with Crippen LogP contribution in [0.4, 0.5) is 5.69 Å². The second-order valence-electron chi connectivity index (χ2n) is 6.92. The molecule has 1 aromatic heterocycles. The SMILES string of the molecule is O=C(COC(=O)c1c[nH]c2ccccc12)Nc1cccc(S(=O)(=O)N2CCOCC2)c1. The van der Waals surface area contributed by atoms with E-state index < -0.39 is 28.5 Å². The zero-order valence-corrected chi connectivity index (χ0v) is 17.4. The summed E-state index contributed by atoms with van der Waals surface area (Å²) in [5.74, 6) is -1.20. The summed E-state index contributed by atoms with van der Waals surface area (Å²) in [5.41, 5.74) is 1.42. The van der Waals surface area contributed by atoms with Crippen LogP contribution in [0.25, 0.3) is 10.9 Å². The molecule has 0 radical (unpaired) electrons. The second-order valence-corrected chi connectivity index (χ2v) is 8.85. The number of H-pyrrole nitrogens is 1. The molecule has 1 aliphatic heterocycles. The molecule has 0 aliphatic carbocycles. The smallest absolute Gasteiger partial charge is 0.340 e. The van der Waals surface area contributed by atoms with Gasteiger partial charge in [0.05, 0.1) is 23.7 Å². The number of ether oxygens (including phenoxy) is 2. The summed E-state index contributed by atoms with van der Waals surface area (Å²) in [6.07, 6.45) is 1.53. The number of sulfonamides is 1. The van der Waals surface area contributed by atoms with Crippen LogP contribution >= 0.6 is 0 Å². The van der Waals surface area contributed by atoms with Crippen molar-refractivity contribution in [3.8, 4) is 0 Å². The van der Waals surface area contributed by atoms with Gasteiger partial charge in [-0.3, -0.25) is 4.79 Å². The van der Waals surface area contributed by atoms with Crippen LogP contribution in [0.15, 0.2) is 59.6 Å². The molecule has 0 bridgehead atoms. The van der Waals surface area contributed by atoms with Crippen LogP contribution in [0, 0.1) is 0 Å². The Morgan fingerprint density at radius 2 is 1.87 bits per heavy atom. The number of aromatic amines is 1. The van der Waals surface area contributed by atoms with E-state index >= 15 is 0 Å². The summed E-state index contributed by atoms with van der Waals surface area (Å²) >= 11 is 0. The van der Waals surface area contributed by atoms with Gasteiger partial charge in [0.25, 0.3) is 5.91 Å². The minimum Gasteiger partial charge on any atom is -0.452 e. The molecule has 1 saturated heterocycles. The normalized spacial score (nSPS) is 15.0. The third-order valence-electron chi connectivity index (χ3n) is 4.87. The van der Waals surface area contributed by atoms with Gasteiger partial charge < -0.3 is 19.8 Å². The standard InChI is InChI=1S/C21H21N3O6S/c25-20(14-30-21(26)18-13-22-19-7-2-1-6-17(18)19)23-15-4-3-5-16(12-15)31(27,28)24-8-10-29-11-9-24/h1-7,12-13,22H,8-11,14H2,(H,23,25). The third kappa shape index (κ3) is 4.61. The number of rotatable bonds is 6. The van der Waals surface area contributed by atoms with E-state index in [2.05, 4.69) is 10.3 Å². The number of benzene rings is 2. The van der Waals surface area contributed by atoms with Gasteiger partial charge in [-0.05, 0) is 24.3 Å². The van der Waals surface area contributed by atoms with Crippen molar-refractivity contribution in [2.75, 3.05) is 38.2 Å². The Bertz CT molecular complexity index is 1210. The van der Waals surface area contributed by atoms with Crippen molar-refractivity contribution in [3.63, 3.8) is 0 Å². The van der Waals surface area contributed by atoms with Crippen LogP contribution in [-0.2, 0) is 24.3 Å². The minimum atomic E-state index is -3.68. The fourth-order valence-electron chi connectivity index (χ4n) is 3.32. The van der Waals surface area contributed by atoms with Gasteiger partial charge in [0.15, 0.2) is 6.61 Å². The fraction of sp³-hybridized carbons (Fsp3) is 0.238. The molecular weight excluding hydrogens is 422 g/mol. The van der Waals surface area contributed by atoms with Gasteiger partial charge in [-0.15, -0.1) is 0 Å². The first-order valence-corrected chi connectivity index (χ1v) is 11.1. The number of anilines is 1. The number of carbonyl (C=O) groups excluding carboxylic acids is 2. The van der Waals surface area contributed by atoms with Crippen molar-refractivity contribution < 1.29 is 27.5 Å². The number of amides is 1. The van der Waals surface area contributed by atoms with Crippen molar-refractivity contribution >= 4 is 38.5 Å². The fourth-order valence-corrected chi connectivity index (χ4v) is 4.77. The van der Waals surface area contributed by atoms with Gasteiger partial charge in [0, 0.05) is 35.9 Å². The Morgan fingerprint density at radius 1 is 1.10 bits per heavy atom. The van der Waals surface area contributed by atoms with Crippen LogP contribution in [-0.4, -0.2) is 62.5 Å². The Hall–Kier alpha value is -3.21. The lowest BCUT2D eigenvalue weighted by Crippen LogP contribution is -2.40. The van der Waals surface area contributed by atoms with E-state index in [1.807, 2.05) is 12.1 Å². The van der Waals surface area contributed by atoms with Crippen LogP contribution in [0.3, 0.4) is 0 Å². The van der Waals surface area contributed by atoms with Crippen molar-refractivity contribution in [1.82, 2.24) is 9.29 Å². The summed E-state index contributed by atoms with van der Waals surface area (Å²) < 4.78 is 37.2. The number of para-hydroxylation sites is 1. The molecule has 9 nitrogen and oxygen atoms in total. The molecule has 4 rings (SSSR count). The maximum absolute atomic E-state index is 12.8. The van der Waals surface area contributed by atoms with E-state index in [9.17, 15) is 18.0 Å². The summed E-state index contributed by atoms with van der Waals surface area (Å²) in [6.45, 7) is 0.749. The van der Waals surface area contributed by atoms with Gasteiger partial charge in [0.2, 0.25) is 10.0 Å². The van der Waals surface area contributed by atoms with Gasteiger partial charge in [-0.1, -0.05) is 24.3 Å². The Labute approximate surface area is 179 Å². The highest BCUT2D eigenvalue weighted by Gasteiger charge is 2.26. The lowest BCUT2D eigenvalue weighted by molar-refractivity contribution is -0.119. The number of carbonyl (C=O) groups is 2. The lowest BCUT2D eigenvalue weighted by Gasteiger charge is -2.26. The first-order chi connectivity index (χ1) is 14.9. The summed E-state index contributed by atoms with van der Waals surface area (Å²) in [6, 6.07) is 13.2. The van der Waals surface area contributed by atoms with Crippen molar-refractivity contribution in [2.45, 2.75) is 4.90 Å². The van der Waals surface area contributed by atoms with Crippen molar-refractivity contribution in [2.24, 2.45) is 0 Å². The van der Waals surface area contributed by atoms with Crippen LogP contribution < -0.4 is 5.32 Å². The molecule has 3 aromatic rings. The van der Waals surface area contributed by atoms with E-state index in [0.29, 0.717) is 29.9 Å². The molecule has 31 heavy (non-hydrogen) atoms. The molecule has 0 saturated carbocycles. The van der Waals surface area contributed by atoms with Gasteiger partial charge in [-0.25, -0.2) is 13.2 Å².